The molecule has 2 heterocycles. The summed E-state index contributed by atoms with van der Waals surface area (Å²) in [6.45, 7) is 4.87. The van der Waals surface area contributed by atoms with Crippen molar-refractivity contribution in [3.63, 3.8) is 0 Å². The molecule has 1 saturated heterocycles. The number of carbonyl (C=O) groups excluding carboxylic acids is 1. The molecule has 8 nitrogen and oxygen atoms in total. The highest BCUT2D eigenvalue weighted by Crippen LogP contribution is 2.34. The van der Waals surface area contributed by atoms with E-state index < -0.39 is 29.7 Å². The van der Waals surface area contributed by atoms with Crippen molar-refractivity contribution in [2.24, 2.45) is 0 Å². The van der Waals surface area contributed by atoms with Crippen LogP contribution in [0, 0.1) is 11.6 Å². The topological polar surface area (TPSA) is 108 Å². The summed E-state index contributed by atoms with van der Waals surface area (Å²) in [5.41, 5.74) is 4.03. The second kappa shape index (κ2) is 12.1. The van der Waals surface area contributed by atoms with Gasteiger partial charge in [0.1, 0.15) is 5.82 Å². The first-order valence-corrected chi connectivity index (χ1v) is 11.6. The first kappa shape index (κ1) is 28.7. The fraction of sp³-hybridized carbons (Fsp3) is 0.320. The molecule has 0 radical (unpaired) electrons. The van der Waals surface area contributed by atoms with Crippen LogP contribution in [-0.4, -0.2) is 62.5 Å². The van der Waals surface area contributed by atoms with Crippen LogP contribution >= 0.6 is 0 Å². The van der Waals surface area contributed by atoms with Gasteiger partial charge < -0.3 is 14.6 Å². The van der Waals surface area contributed by atoms with Gasteiger partial charge in [0.05, 0.1) is 11.0 Å². The molecule has 38 heavy (non-hydrogen) atoms. The van der Waals surface area contributed by atoms with E-state index in [1.54, 1.807) is 11.6 Å². The Hall–Kier alpha value is -3.84. The van der Waals surface area contributed by atoms with Crippen LogP contribution in [0.1, 0.15) is 31.4 Å². The molecule has 0 bridgehead atoms. The quantitative estimate of drug-likeness (QED) is 0.186. The van der Waals surface area contributed by atoms with Gasteiger partial charge in [-0.25, -0.2) is 24.0 Å². The smallest absolute Gasteiger partial charge is 0.475 e. The number of hydrogen-bond donors (Lipinski definition) is 3. The number of hydroxylamine groups is 1. The number of nitrogens with zero attached hydrogens (tertiary/aromatic N) is 3. The van der Waals surface area contributed by atoms with E-state index in [1.807, 2.05) is 28.8 Å². The van der Waals surface area contributed by atoms with E-state index in [-0.39, 0.29) is 6.04 Å². The number of amides is 1. The molecule has 1 amide bonds. The highest BCUT2D eigenvalue weighted by Gasteiger charge is 2.38. The summed E-state index contributed by atoms with van der Waals surface area (Å²) < 4.78 is 61.8. The number of likely N-dealkylation sites (N-methyl/N-ethyl adjacent to an activating group) is 1. The van der Waals surface area contributed by atoms with Crippen LogP contribution in [0.5, 0.6) is 0 Å². The highest BCUT2D eigenvalue weighted by atomic mass is 19.4. The third-order valence-electron chi connectivity index (χ3n) is 5.95. The summed E-state index contributed by atoms with van der Waals surface area (Å²) in [6.07, 6.45) is -0.363. The average Bonchev–Trinajstić information content (AvgIpc) is 3.25. The lowest BCUT2D eigenvalue weighted by molar-refractivity contribution is -0.192. The van der Waals surface area contributed by atoms with E-state index in [2.05, 4.69) is 16.8 Å². The molecule has 0 spiro atoms. The lowest BCUT2D eigenvalue weighted by atomic mass is 10.0. The van der Waals surface area contributed by atoms with Crippen molar-refractivity contribution in [2.45, 2.75) is 32.0 Å². The van der Waals surface area contributed by atoms with E-state index in [0.717, 1.165) is 49.7 Å². The van der Waals surface area contributed by atoms with Crippen LogP contribution in [0.25, 0.3) is 28.5 Å². The van der Waals surface area contributed by atoms with Crippen LogP contribution in [0.15, 0.2) is 42.5 Å². The minimum Gasteiger partial charge on any atom is -0.475 e. The second-order valence-electron chi connectivity index (χ2n) is 8.49. The van der Waals surface area contributed by atoms with E-state index in [9.17, 15) is 26.7 Å². The predicted octanol–water partition coefficient (Wildman–Crippen LogP) is 4.79. The maximum Gasteiger partial charge on any atom is 0.490 e. The largest absolute Gasteiger partial charge is 0.490 e. The van der Waals surface area contributed by atoms with Crippen LogP contribution in [0.2, 0.25) is 0 Å². The molecule has 13 heteroatoms. The molecule has 3 N–H and O–H groups in total. The highest BCUT2D eigenvalue weighted by molar-refractivity contribution is 5.91. The third kappa shape index (κ3) is 6.92. The Morgan fingerprint density at radius 1 is 1.18 bits per heavy atom. The number of fused-ring (bicyclic) bond motifs is 1. The van der Waals surface area contributed by atoms with Gasteiger partial charge >= 0.3 is 12.1 Å². The van der Waals surface area contributed by atoms with Gasteiger partial charge in [-0.1, -0.05) is 25.1 Å². The number of likely N-dealkylation sites (tertiary alicyclic amines) is 1. The van der Waals surface area contributed by atoms with Crippen molar-refractivity contribution in [3.05, 3.63) is 59.7 Å². The number of benzene rings is 2. The number of rotatable bonds is 5. The van der Waals surface area contributed by atoms with Gasteiger partial charge in [-0.05, 0) is 43.6 Å². The number of carboxylic acid groups (broad SMARTS) is 1. The molecule has 4 rings (SSSR count). The van der Waals surface area contributed by atoms with Gasteiger partial charge in [-0.3, -0.25) is 10.0 Å². The average molecular weight is 540 g/mol. The number of nitrogens with one attached hydrogen (secondary N) is 1. The molecule has 204 valence electrons. The summed E-state index contributed by atoms with van der Waals surface area (Å²) in [5.74, 6) is -4.58. The molecule has 1 aliphatic rings. The summed E-state index contributed by atoms with van der Waals surface area (Å²) in [6, 6.07) is 9.83. The van der Waals surface area contributed by atoms with Crippen LogP contribution in [-0.2, 0) is 9.59 Å². The first-order chi connectivity index (χ1) is 17.9. The molecule has 1 aliphatic heterocycles. The molecule has 1 fully saturated rings. The number of piperidine rings is 1. The molecular weight excluding hydrogens is 515 g/mol. The molecular formula is C25H25F5N4O4. The fourth-order valence-electron chi connectivity index (χ4n) is 4.18. The Morgan fingerprint density at radius 3 is 2.50 bits per heavy atom. The summed E-state index contributed by atoms with van der Waals surface area (Å²) in [5, 5.41) is 15.8. The maximum atomic E-state index is 14.1. The zero-order chi connectivity index (χ0) is 28.0. The Morgan fingerprint density at radius 2 is 1.87 bits per heavy atom. The molecule has 1 aromatic heterocycles. The van der Waals surface area contributed by atoms with E-state index in [1.165, 1.54) is 12.1 Å². The normalized spacial score (nSPS) is 16.3. The Balaban J connectivity index is 0.000000505. The maximum absolute atomic E-state index is 14.1. The van der Waals surface area contributed by atoms with Gasteiger partial charge in [-0.2, -0.15) is 13.2 Å². The number of alkyl halides is 3. The molecule has 0 aliphatic carbocycles. The van der Waals surface area contributed by atoms with Crippen molar-refractivity contribution < 1.29 is 41.9 Å². The Kier molecular flexibility index (Phi) is 9.17. The lowest BCUT2D eigenvalue weighted by Crippen LogP contribution is -2.36. The molecule has 0 saturated carbocycles. The first-order valence-electron chi connectivity index (χ1n) is 11.6. The zero-order valence-electron chi connectivity index (χ0n) is 20.2. The Labute approximate surface area is 214 Å². The van der Waals surface area contributed by atoms with E-state index in [0.29, 0.717) is 16.9 Å². The van der Waals surface area contributed by atoms with Crippen LogP contribution in [0.4, 0.5) is 22.0 Å². The molecule has 2 aromatic carbocycles. The van der Waals surface area contributed by atoms with Crippen LogP contribution in [0.3, 0.4) is 0 Å². The predicted molar refractivity (Wildman–Crippen MR) is 128 cm³/mol. The molecule has 1 atom stereocenters. The van der Waals surface area contributed by atoms with Gasteiger partial charge in [0.15, 0.2) is 11.6 Å². The number of aliphatic carboxylic acids is 1. The zero-order valence-corrected chi connectivity index (χ0v) is 20.2. The fourth-order valence-corrected chi connectivity index (χ4v) is 4.18. The molecule has 3 aromatic rings. The monoisotopic (exact) mass is 540 g/mol. The number of aromatic nitrogens is 2. The van der Waals surface area contributed by atoms with Crippen molar-refractivity contribution >= 4 is 29.0 Å². The number of carbonyl (C=O) groups is 2. The number of imidazole rings is 1. The van der Waals surface area contributed by atoms with Crippen molar-refractivity contribution in [3.8, 4) is 11.4 Å². The Bertz CT molecular complexity index is 1340. The van der Waals surface area contributed by atoms with Crippen LogP contribution < -0.4 is 5.48 Å². The van der Waals surface area contributed by atoms with Gasteiger partial charge in [0, 0.05) is 36.4 Å². The summed E-state index contributed by atoms with van der Waals surface area (Å²) in [7, 11) is 0. The summed E-state index contributed by atoms with van der Waals surface area (Å²) in [4.78, 5) is 27.2. The minimum atomic E-state index is -5.08. The van der Waals surface area contributed by atoms with Gasteiger partial charge in [0.2, 0.25) is 0 Å². The third-order valence-corrected chi connectivity index (χ3v) is 5.95. The van der Waals surface area contributed by atoms with Crippen molar-refractivity contribution in [1.82, 2.24) is 19.9 Å². The summed E-state index contributed by atoms with van der Waals surface area (Å²) >= 11 is 0. The SMILES string of the molecule is CCN1CCC[C@@H](n2c(-c3cccc(C=CC(=O)NO)c3)nc3cc(F)c(F)cc32)C1.O=C(O)C(F)(F)F. The number of carboxylic acids is 1. The number of halogens is 5. The minimum absolute atomic E-state index is 0.0814. The van der Waals surface area contributed by atoms with Crippen molar-refractivity contribution in [2.75, 3.05) is 19.6 Å². The lowest BCUT2D eigenvalue weighted by Gasteiger charge is -2.33. The number of hydrogen-bond acceptors (Lipinski definition) is 5. The second-order valence-corrected chi connectivity index (χ2v) is 8.49. The van der Waals surface area contributed by atoms with Gasteiger partial charge in [-0.15, -0.1) is 0 Å². The standard InChI is InChI=1S/C23H24F2N4O2.C2HF3O2/c1-2-28-10-4-7-17(14-28)29-21-13-19(25)18(24)12-20(21)26-23(29)16-6-3-5-15(11-16)8-9-22(30)27-31;3-2(4,5)1(6)7/h3,5-6,8-9,11-13,17,31H,2,4,7,10,14H2,1H3,(H,27,30);(H,6,7)/t17-;/m1./s1. The van der Waals surface area contributed by atoms with Gasteiger partial charge in [0.25, 0.3) is 5.91 Å². The van der Waals surface area contributed by atoms with E-state index in [4.69, 9.17) is 15.1 Å². The molecule has 0 unspecified atom stereocenters. The van der Waals surface area contributed by atoms with E-state index >= 15 is 0 Å². The van der Waals surface area contributed by atoms with Crippen molar-refractivity contribution in [1.29, 1.82) is 0 Å².